The number of ether oxygens (including phenoxy) is 1. The third-order valence-corrected chi connectivity index (χ3v) is 6.69. The number of nitrogens with zero attached hydrogens (tertiary/aromatic N) is 1. The first-order valence-corrected chi connectivity index (χ1v) is 13.5. The Kier molecular flexibility index (Phi) is 9.46. The van der Waals surface area contributed by atoms with Gasteiger partial charge in [0.25, 0.3) is 5.91 Å². The number of rotatable bonds is 12. The molecule has 0 bridgehead atoms. The minimum Gasteiger partial charge on any atom is -0.495 e. The average molecular weight is 510 g/mol. The van der Waals surface area contributed by atoms with E-state index < -0.39 is 10.0 Å². The number of benzene rings is 3. The number of carbonyl (C=O) groups excluding carboxylic acids is 2. The Morgan fingerprint density at radius 2 is 1.58 bits per heavy atom. The maximum absolute atomic E-state index is 12.7. The van der Waals surface area contributed by atoms with Crippen LogP contribution in [-0.4, -0.2) is 46.7 Å². The number of carbonyl (C=O) groups is 2. The van der Waals surface area contributed by atoms with Crippen LogP contribution in [0.15, 0.2) is 78.9 Å². The van der Waals surface area contributed by atoms with Gasteiger partial charge in [0.15, 0.2) is 0 Å². The molecule has 3 aromatic rings. The number of para-hydroxylation sites is 3. The molecule has 0 unspecified atom stereocenters. The largest absolute Gasteiger partial charge is 0.495 e. The van der Waals surface area contributed by atoms with Gasteiger partial charge in [0, 0.05) is 19.5 Å². The fourth-order valence-electron chi connectivity index (χ4n) is 3.75. The van der Waals surface area contributed by atoms with E-state index in [1.807, 2.05) is 30.3 Å². The number of hydrogen-bond acceptors (Lipinski definition) is 5. The molecule has 8 nitrogen and oxygen atoms in total. The van der Waals surface area contributed by atoms with Crippen LogP contribution in [-0.2, 0) is 21.2 Å². The highest BCUT2D eigenvalue weighted by atomic mass is 32.2. The topological polar surface area (TPSA) is 105 Å². The summed E-state index contributed by atoms with van der Waals surface area (Å²) in [6, 6.07) is 23.5. The third-order valence-electron chi connectivity index (χ3n) is 5.51. The maximum Gasteiger partial charge on any atom is 0.253 e. The van der Waals surface area contributed by atoms with Crippen molar-refractivity contribution in [2.75, 3.05) is 36.1 Å². The van der Waals surface area contributed by atoms with Gasteiger partial charge in [-0.25, -0.2) is 8.42 Å². The van der Waals surface area contributed by atoms with Gasteiger partial charge in [-0.3, -0.25) is 13.9 Å². The molecule has 2 amide bonds. The van der Waals surface area contributed by atoms with Gasteiger partial charge < -0.3 is 15.4 Å². The van der Waals surface area contributed by atoms with Crippen LogP contribution in [0.5, 0.6) is 5.75 Å². The second-order valence-corrected chi connectivity index (χ2v) is 10.1. The SMILES string of the molecule is COc1ccccc1N(CCCC(=O)Nc1ccccc1C(=O)NCCc1ccccc1)S(C)(=O)=O. The first-order chi connectivity index (χ1) is 17.3. The molecule has 3 rings (SSSR count). The highest BCUT2D eigenvalue weighted by Crippen LogP contribution is 2.29. The van der Waals surface area contributed by atoms with Crippen LogP contribution in [0.2, 0.25) is 0 Å². The molecule has 0 spiro atoms. The van der Waals surface area contributed by atoms with Crippen LogP contribution in [0.4, 0.5) is 11.4 Å². The molecule has 9 heteroatoms. The van der Waals surface area contributed by atoms with E-state index >= 15 is 0 Å². The van der Waals surface area contributed by atoms with Crippen molar-refractivity contribution >= 4 is 33.2 Å². The van der Waals surface area contributed by atoms with Crippen LogP contribution in [0.3, 0.4) is 0 Å². The minimum absolute atomic E-state index is 0.0745. The highest BCUT2D eigenvalue weighted by molar-refractivity contribution is 7.92. The van der Waals surface area contributed by atoms with Crippen molar-refractivity contribution in [3.63, 3.8) is 0 Å². The molecule has 0 radical (unpaired) electrons. The van der Waals surface area contributed by atoms with Crippen LogP contribution >= 0.6 is 0 Å². The van der Waals surface area contributed by atoms with Crippen LogP contribution < -0.4 is 19.7 Å². The number of nitrogens with one attached hydrogen (secondary N) is 2. The van der Waals surface area contributed by atoms with Crippen molar-refractivity contribution in [3.8, 4) is 5.75 Å². The summed E-state index contributed by atoms with van der Waals surface area (Å²) in [6.45, 7) is 0.573. The molecule has 0 aromatic heterocycles. The van der Waals surface area contributed by atoms with Gasteiger partial charge in [-0.1, -0.05) is 54.6 Å². The number of methoxy groups -OCH3 is 1. The standard InChI is InChI=1S/C27H31N3O5S/c1-35-25-16-9-8-15-24(25)30(36(2,33)34)20-10-17-26(31)29-23-14-7-6-13-22(23)27(32)28-19-18-21-11-4-3-5-12-21/h3-9,11-16H,10,17-20H2,1-2H3,(H,28,32)(H,29,31). The monoisotopic (exact) mass is 509 g/mol. The molecule has 0 atom stereocenters. The molecule has 190 valence electrons. The molecule has 0 fully saturated rings. The second-order valence-electron chi connectivity index (χ2n) is 8.20. The number of sulfonamides is 1. The van der Waals surface area contributed by atoms with Gasteiger partial charge >= 0.3 is 0 Å². The van der Waals surface area contributed by atoms with Gasteiger partial charge in [0.05, 0.1) is 30.3 Å². The fourth-order valence-corrected chi connectivity index (χ4v) is 4.72. The first kappa shape index (κ1) is 26.7. The lowest BCUT2D eigenvalue weighted by atomic mass is 10.1. The zero-order valence-electron chi connectivity index (χ0n) is 20.4. The lowest BCUT2D eigenvalue weighted by Crippen LogP contribution is -2.32. The summed E-state index contributed by atoms with van der Waals surface area (Å²) in [5, 5.41) is 5.67. The maximum atomic E-state index is 12.7. The molecule has 3 aromatic carbocycles. The summed E-state index contributed by atoms with van der Waals surface area (Å²) in [5.41, 5.74) is 2.31. The molecular formula is C27H31N3O5S. The van der Waals surface area contributed by atoms with Gasteiger partial charge in [0.2, 0.25) is 15.9 Å². The van der Waals surface area contributed by atoms with E-state index in [4.69, 9.17) is 4.74 Å². The van der Waals surface area contributed by atoms with E-state index in [0.717, 1.165) is 11.8 Å². The Hall–Kier alpha value is -3.85. The average Bonchev–Trinajstić information content (AvgIpc) is 2.87. The first-order valence-electron chi connectivity index (χ1n) is 11.6. The Morgan fingerprint density at radius 1 is 0.917 bits per heavy atom. The van der Waals surface area contributed by atoms with E-state index in [-0.39, 0.29) is 31.2 Å². The molecule has 0 saturated carbocycles. The van der Waals surface area contributed by atoms with Gasteiger partial charge in [-0.15, -0.1) is 0 Å². The van der Waals surface area contributed by atoms with Gasteiger partial charge in [-0.05, 0) is 42.7 Å². The van der Waals surface area contributed by atoms with Crippen LogP contribution in [0.1, 0.15) is 28.8 Å². The third kappa shape index (κ3) is 7.58. The van der Waals surface area contributed by atoms with E-state index in [1.165, 1.54) is 11.4 Å². The zero-order valence-corrected chi connectivity index (χ0v) is 21.3. The Morgan fingerprint density at radius 3 is 2.31 bits per heavy atom. The summed E-state index contributed by atoms with van der Waals surface area (Å²) in [5.74, 6) is -0.158. The molecule has 0 aliphatic heterocycles. The molecule has 0 aliphatic carbocycles. The molecule has 2 N–H and O–H groups in total. The number of hydrogen-bond donors (Lipinski definition) is 2. The Bertz CT molecular complexity index is 1280. The smallest absolute Gasteiger partial charge is 0.253 e. The van der Waals surface area contributed by atoms with Crippen molar-refractivity contribution in [3.05, 3.63) is 90.0 Å². The van der Waals surface area contributed by atoms with E-state index in [0.29, 0.717) is 35.7 Å². The molecule has 0 heterocycles. The van der Waals surface area contributed by atoms with Crippen molar-refractivity contribution in [2.24, 2.45) is 0 Å². The Labute approximate surface area is 212 Å². The van der Waals surface area contributed by atoms with E-state index in [9.17, 15) is 18.0 Å². The number of amides is 2. The van der Waals surface area contributed by atoms with E-state index in [1.54, 1.807) is 48.5 Å². The summed E-state index contributed by atoms with van der Waals surface area (Å²) < 4.78 is 31.3. The van der Waals surface area contributed by atoms with Crippen molar-refractivity contribution < 1.29 is 22.7 Å². The molecule has 36 heavy (non-hydrogen) atoms. The van der Waals surface area contributed by atoms with E-state index in [2.05, 4.69) is 10.6 Å². The molecule has 0 saturated heterocycles. The summed E-state index contributed by atoms with van der Waals surface area (Å²) in [6.07, 6.45) is 2.17. The quantitative estimate of drug-likeness (QED) is 0.386. The summed E-state index contributed by atoms with van der Waals surface area (Å²) in [7, 11) is -2.11. The van der Waals surface area contributed by atoms with Crippen LogP contribution in [0.25, 0.3) is 0 Å². The minimum atomic E-state index is -3.59. The zero-order chi connectivity index (χ0) is 26.0. The van der Waals surface area contributed by atoms with Crippen molar-refractivity contribution in [1.29, 1.82) is 0 Å². The predicted octanol–water partition coefficient (Wildman–Crippen LogP) is 3.85. The summed E-state index contributed by atoms with van der Waals surface area (Å²) in [4.78, 5) is 25.4. The van der Waals surface area contributed by atoms with Gasteiger partial charge in [-0.2, -0.15) is 0 Å². The lowest BCUT2D eigenvalue weighted by molar-refractivity contribution is -0.116. The Balaban J connectivity index is 1.57. The fraction of sp³-hybridized carbons (Fsp3) is 0.259. The predicted molar refractivity (Wildman–Crippen MR) is 142 cm³/mol. The van der Waals surface area contributed by atoms with Gasteiger partial charge in [0.1, 0.15) is 5.75 Å². The highest BCUT2D eigenvalue weighted by Gasteiger charge is 2.21. The van der Waals surface area contributed by atoms with Crippen LogP contribution in [0, 0.1) is 0 Å². The van der Waals surface area contributed by atoms with Crippen molar-refractivity contribution in [1.82, 2.24) is 5.32 Å². The second kappa shape index (κ2) is 12.7. The molecule has 0 aliphatic rings. The summed E-state index contributed by atoms with van der Waals surface area (Å²) >= 11 is 0. The number of anilines is 2. The molecular weight excluding hydrogens is 478 g/mol. The van der Waals surface area contributed by atoms with Crippen molar-refractivity contribution in [2.45, 2.75) is 19.3 Å². The lowest BCUT2D eigenvalue weighted by Gasteiger charge is -2.24. The normalized spacial score (nSPS) is 10.9.